The second-order valence-corrected chi connectivity index (χ2v) is 7.14. The van der Waals surface area contributed by atoms with E-state index in [4.69, 9.17) is 11.2 Å². The second-order valence-electron chi connectivity index (χ2n) is 5.09. The van der Waals surface area contributed by atoms with Gasteiger partial charge in [-0.3, -0.25) is 0 Å². The summed E-state index contributed by atoms with van der Waals surface area (Å²) in [6.45, 7) is 0.639. The molecule has 1 aromatic rings. The molecule has 0 saturated heterocycles. The van der Waals surface area contributed by atoms with Crippen LogP contribution in [0.4, 0.5) is 0 Å². The van der Waals surface area contributed by atoms with Crippen molar-refractivity contribution in [3.8, 4) is 18.1 Å². The normalized spacial score (nSPS) is 15.0. The van der Waals surface area contributed by atoms with Crippen LogP contribution in [0.25, 0.3) is 0 Å². The third-order valence-electron chi connectivity index (χ3n) is 3.43. The number of nitrogens with zero attached hydrogens (tertiary/aromatic N) is 1. The highest BCUT2D eigenvalue weighted by atomic mass is 32.2. The molecular weight excluding hydrogens is 288 g/mol. The Bertz CT molecular complexity index is 645. The largest absolute Gasteiger partial charge is 0.496 e. The lowest BCUT2D eigenvalue weighted by Gasteiger charge is -2.16. The smallest absolute Gasteiger partial charge is 0.243 e. The quantitative estimate of drug-likeness (QED) is 0.769. The minimum Gasteiger partial charge on any atom is -0.496 e. The van der Waals surface area contributed by atoms with E-state index in [1.807, 2.05) is 0 Å². The number of sulfonamides is 1. The van der Waals surface area contributed by atoms with Crippen molar-refractivity contribution in [3.05, 3.63) is 23.8 Å². The molecule has 0 aliphatic heterocycles. The maximum absolute atomic E-state index is 12.4. The van der Waals surface area contributed by atoms with Gasteiger partial charge in [0.25, 0.3) is 0 Å². The zero-order valence-electron chi connectivity index (χ0n) is 12.3. The van der Waals surface area contributed by atoms with Crippen LogP contribution in [0.2, 0.25) is 0 Å². The molecule has 1 N–H and O–H groups in total. The Morgan fingerprint density at radius 3 is 2.76 bits per heavy atom. The van der Waals surface area contributed by atoms with Gasteiger partial charge in [0.2, 0.25) is 10.0 Å². The number of benzene rings is 1. The fraction of sp³-hybridized carbons (Fsp3) is 0.467. The van der Waals surface area contributed by atoms with Gasteiger partial charge in [-0.15, -0.1) is 6.42 Å². The Kier molecular flexibility index (Phi) is 4.88. The molecule has 1 aliphatic rings. The molecule has 0 heterocycles. The van der Waals surface area contributed by atoms with Crippen molar-refractivity contribution in [3.63, 3.8) is 0 Å². The van der Waals surface area contributed by atoms with Gasteiger partial charge in [-0.2, -0.15) is 4.31 Å². The summed E-state index contributed by atoms with van der Waals surface area (Å²) >= 11 is 0. The number of terminal acetylenes is 1. The summed E-state index contributed by atoms with van der Waals surface area (Å²) in [5, 5.41) is 3.36. The van der Waals surface area contributed by atoms with Crippen molar-refractivity contribution in [2.45, 2.75) is 30.3 Å². The summed E-state index contributed by atoms with van der Waals surface area (Å²) in [6, 6.07) is 5.41. The first-order valence-corrected chi connectivity index (χ1v) is 8.23. The fourth-order valence-corrected chi connectivity index (χ4v) is 3.12. The monoisotopic (exact) mass is 308 g/mol. The molecule has 0 radical (unpaired) electrons. The highest BCUT2D eigenvalue weighted by molar-refractivity contribution is 7.89. The van der Waals surface area contributed by atoms with Gasteiger partial charge >= 0.3 is 0 Å². The average Bonchev–Trinajstić information content (AvgIpc) is 3.29. The predicted molar refractivity (Wildman–Crippen MR) is 81.5 cm³/mol. The van der Waals surface area contributed by atoms with Crippen LogP contribution in [-0.4, -0.2) is 39.5 Å². The van der Waals surface area contributed by atoms with Crippen molar-refractivity contribution in [1.29, 1.82) is 0 Å². The third-order valence-corrected chi connectivity index (χ3v) is 5.23. The molecule has 1 aliphatic carbocycles. The maximum Gasteiger partial charge on any atom is 0.243 e. The van der Waals surface area contributed by atoms with E-state index in [1.165, 1.54) is 19.9 Å². The van der Waals surface area contributed by atoms with Gasteiger partial charge in [0.15, 0.2) is 0 Å². The van der Waals surface area contributed by atoms with Crippen LogP contribution in [0.15, 0.2) is 23.1 Å². The van der Waals surface area contributed by atoms with Gasteiger partial charge in [0.05, 0.1) is 18.6 Å². The van der Waals surface area contributed by atoms with E-state index in [-0.39, 0.29) is 11.4 Å². The summed E-state index contributed by atoms with van der Waals surface area (Å²) in [5.74, 6) is 3.02. The summed E-state index contributed by atoms with van der Waals surface area (Å²) < 4.78 is 31.2. The number of nitrogens with one attached hydrogen (secondary N) is 1. The topological polar surface area (TPSA) is 58.6 Å². The van der Waals surface area contributed by atoms with Crippen molar-refractivity contribution < 1.29 is 13.2 Å². The number of hydrogen-bond donors (Lipinski definition) is 1. The van der Waals surface area contributed by atoms with Crippen LogP contribution < -0.4 is 10.1 Å². The van der Waals surface area contributed by atoms with Gasteiger partial charge in [0.1, 0.15) is 5.75 Å². The standard InChI is InChI=1S/C15H20N2O3S/c1-4-9-17(2)21(18,19)14-7-8-15(20-3)12(10-14)11-16-13-5-6-13/h1,7-8,10,13,16H,5-6,9,11H2,2-3H3. The van der Waals surface area contributed by atoms with E-state index in [9.17, 15) is 8.42 Å². The summed E-state index contributed by atoms with van der Waals surface area (Å²) in [6.07, 6.45) is 7.53. The molecule has 5 nitrogen and oxygen atoms in total. The number of hydrogen-bond acceptors (Lipinski definition) is 4. The lowest BCUT2D eigenvalue weighted by molar-refractivity contribution is 0.407. The highest BCUT2D eigenvalue weighted by Gasteiger charge is 2.23. The minimum atomic E-state index is -3.56. The Labute approximate surface area is 126 Å². The van der Waals surface area contributed by atoms with Crippen LogP contribution in [0.1, 0.15) is 18.4 Å². The molecule has 0 atom stereocenters. The zero-order chi connectivity index (χ0) is 15.5. The first-order chi connectivity index (χ1) is 9.98. The average molecular weight is 308 g/mol. The Balaban J connectivity index is 2.27. The molecule has 6 heteroatoms. The SMILES string of the molecule is C#CCN(C)S(=O)(=O)c1ccc(OC)c(CNC2CC2)c1. The van der Waals surface area contributed by atoms with Gasteiger partial charge in [-0.05, 0) is 31.0 Å². The molecule has 21 heavy (non-hydrogen) atoms. The van der Waals surface area contributed by atoms with E-state index in [0.29, 0.717) is 18.3 Å². The molecule has 2 rings (SSSR count). The third kappa shape index (κ3) is 3.76. The Hall–Kier alpha value is -1.55. The minimum absolute atomic E-state index is 0.0457. The molecule has 0 unspecified atom stereocenters. The number of rotatable bonds is 7. The van der Waals surface area contributed by atoms with E-state index in [2.05, 4.69) is 11.2 Å². The molecule has 0 spiro atoms. The number of ether oxygens (including phenoxy) is 1. The van der Waals surface area contributed by atoms with E-state index >= 15 is 0 Å². The molecule has 0 aromatic heterocycles. The predicted octanol–water partition coefficient (Wildman–Crippen LogP) is 1.20. The van der Waals surface area contributed by atoms with Crippen LogP contribution in [0.5, 0.6) is 5.75 Å². The van der Waals surface area contributed by atoms with Crippen LogP contribution >= 0.6 is 0 Å². The van der Waals surface area contributed by atoms with E-state index in [1.54, 1.807) is 25.3 Å². The van der Waals surface area contributed by atoms with Crippen molar-refractivity contribution in [1.82, 2.24) is 9.62 Å². The zero-order valence-corrected chi connectivity index (χ0v) is 13.1. The molecule has 0 bridgehead atoms. The molecule has 1 fully saturated rings. The van der Waals surface area contributed by atoms with Gasteiger partial charge < -0.3 is 10.1 Å². The highest BCUT2D eigenvalue weighted by Crippen LogP contribution is 2.26. The summed E-state index contributed by atoms with van der Waals surface area (Å²) in [4.78, 5) is 0.230. The van der Waals surface area contributed by atoms with Gasteiger partial charge in [-0.1, -0.05) is 5.92 Å². The summed E-state index contributed by atoms with van der Waals surface area (Å²) in [7, 11) is -0.512. The molecule has 1 saturated carbocycles. The summed E-state index contributed by atoms with van der Waals surface area (Å²) in [5.41, 5.74) is 0.833. The van der Waals surface area contributed by atoms with Gasteiger partial charge in [-0.25, -0.2) is 8.42 Å². The Morgan fingerprint density at radius 1 is 1.48 bits per heavy atom. The Morgan fingerprint density at radius 2 is 2.19 bits per heavy atom. The first-order valence-electron chi connectivity index (χ1n) is 6.79. The van der Waals surface area contributed by atoms with Crippen LogP contribution in [-0.2, 0) is 16.6 Å². The van der Waals surface area contributed by atoms with Crippen LogP contribution in [0.3, 0.4) is 0 Å². The molecular formula is C15H20N2O3S. The van der Waals surface area contributed by atoms with Crippen LogP contribution in [0, 0.1) is 12.3 Å². The first kappa shape index (κ1) is 15.8. The lowest BCUT2D eigenvalue weighted by atomic mass is 10.2. The number of methoxy groups -OCH3 is 1. The second kappa shape index (κ2) is 6.48. The van der Waals surface area contributed by atoms with Gasteiger partial charge in [0, 0.05) is 25.2 Å². The molecule has 114 valence electrons. The molecule has 0 amide bonds. The lowest BCUT2D eigenvalue weighted by Crippen LogP contribution is -2.27. The molecule has 1 aromatic carbocycles. The van der Waals surface area contributed by atoms with E-state index < -0.39 is 10.0 Å². The fourth-order valence-electron chi connectivity index (χ4n) is 1.99. The van der Waals surface area contributed by atoms with Crippen molar-refractivity contribution in [2.24, 2.45) is 0 Å². The van der Waals surface area contributed by atoms with Crippen molar-refractivity contribution in [2.75, 3.05) is 20.7 Å². The maximum atomic E-state index is 12.4. The van der Waals surface area contributed by atoms with Crippen molar-refractivity contribution >= 4 is 10.0 Å². The van der Waals surface area contributed by atoms with E-state index in [0.717, 1.165) is 9.87 Å².